The van der Waals surface area contributed by atoms with Crippen LogP contribution in [0.2, 0.25) is 0 Å². The highest BCUT2D eigenvalue weighted by molar-refractivity contribution is 6.43. The Balaban J connectivity index is 2.04. The van der Waals surface area contributed by atoms with Gasteiger partial charge in [0.05, 0.1) is 12.8 Å². The molecule has 0 spiro atoms. The number of hydrogen-bond donors (Lipinski definition) is 1. The minimum absolute atomic E-state index is 0.211. The first-order valence-corrected chi connectivity index (χ1v) is 6.00. The largest absolute Gasteiger partial charge is 0.467 e. The van der Waals surface area contributed by atoms with Gasteiger partial charge < -0.3 is 9.73 Å². The Morgan fingerprint density at radius 1 is 1.21 bits per heavy atom. The molecule has 1 aromatic heterocycles. The zero-order valence-electron chi connectivity index (χ0n) is 10.9. The maximum Gasteiger partial charge on any atom is 0.292 e. The molecular formula is C15H15NO3. The number of benzene rings is 1. The third kappa shape index (κ3) is 3.10. The molecule has 0 aliphatic heterocycles. The van der Waals surface area contributed by atoms with Crippen molar-refractivity contribution < 1.29 is 14.0 Å². The lowest BCUT2D eigenvalue weighted by Gasteiger charge is -2.06. The first kappa shape index (κ1) is 13.1. The number of hydrogen-bond acceptors (Lipinski definition) is 3. The second-order valence-electron chi connectivity index (χ2n) is 4.41. The zero-order valence-corrected chi connectivity index (χ0v) is 10.9. The van der Waals surface area contributed by atoms with Crippen LogP contribution in [-0.2, 0) is 11.3 Å². The van der Waals surface area contributed by atoms with Crippen molar-refractivity contribution in [2.45, 2.75) is 20.4 Å². The Morgan fingerprint density at radius 2 is 2.00 bits per heavy atom. The molecule has 0 saturated heterocycles. The molecule has 0 saturated carbocycles. The Hall–Kier alpha value is -2.36. The van der Waals surface area contributed by atoms with E-state index in [-0.39, 0.29) is 6.54 Å². The maximum atomic E-state index is 12.0. The summed E-state index contributed by atoms with van der Waals surface area (Å²) in [4.78, 5) is 23.8. The van der Waals surface area contributed by atoms with Gasteiger partial charge in [0.25, 0.3) is 5.91 Å². The summed E-state index contributed by atoms with van der Waals surface area (Å²) in [6.45, 7) is 3.97. The van der Waals surface area contributed by atoms with Crippen LogP contribution in [0.5, 0.6) is 0 Å². The number of nitrogens with one attached hydrogen (secondary N) is 1. The highest BCUT2D eigenvalue weighted by atomic mass is 16.3. The SMILES string of the molecule is Cc1ccc(C(=O)C(=O)NCc2ccco2)c(C)c1. The van der Waals surface area contributed by atoms with E-state index in [9.17, 15) is 9.59 Å². The van der Waals surface area contributed by atoms with Crippen molar-refractivity contribution in [1.82, 2.24) is 5.32 Å². The molecule has 2 aromatic rings. The van der Waals surface area contributed by atoms with Gasteiger partial charge in [0, 0.05) is 5.56 Å². The summed E-state index contributed by atoms with van der Waals surface area (Å²) in [6, 6.07) is 8.85. The third-order valence-electron chi connectivity index (χ3n) is 2.84. The van der Waals surface area contributed by atoms with Gasteiger partial charge in [-0.05, 0) is 31.5 Å². The van der Waals surface area contributed by atoms with Crippen molar-refractivity contribution in [3.63, 3.8) is 0 Å². The zero-order chi connectivity index (χ0) is 13.8. The Labute approximate surface area is 111 Å². The molecule has 4 nitrogen and oxygen atoms in total. The smallest absolute Gasteiger partial charge is 0.292 e. The van der Waals surface area contributed by atoms with E-state index >= 15 is 0 Å². The number of rotatable bonds is 4. The van der Waals surface area contributed by atoms with Gasteiger partial charge in [0.15, 0.2) is 0 Å². The molecule has 0 radical (unpaired) electrons. The summed E-state index contributed by atoms with van der Waals surface area (Å²) in [6.07, 6.45) is 1.52. The van der Waals surface area contributed by atoms with Crippen molar-refractivity contribution in [3.05, 3.63) is 59.0 Å². The molecule has 0 bridgehead atoms. The van der Waals surface area contributed by atoms with E-state index in [2.05, 4.69) is 5.32 Å². The van der Waals surface area contributed by atoms with Gasteiger partial charge in [0.2, 0.25) is 5.78 Å². The Morgan fingerprint density at radius 3 is 2.63 bits per heavy atom. The monoisotopic (exact) mass is 257 g/mol. The number of furan rings is 1. The lowest BCUT2D eigenvalue weighted by molar-refractivity contribution is -0.117. The van der Waals surface area contributed by atoms with Crippen molar-refractivity contribution in [3.8, 4) is 0 Å². The molecule has 0 fully saturated rings. The highest BCUT2D eigenvalue weighted by Crippen LogP contribution is 2.11. The topological polar surface area (TPSA) is 59.3 Å². The minimum Gasteiger partial charge on any atom is -0.467 e. The average molecular weight is 257 g/mol. The quantitative estimate of drug-likeness (QED) is 0.675. The van der Waals surface area contributed by atoms with E-state index in [1.807, 2.05) is 26.0 Å². The molecule has 2 rings (SSSR count). The molecule has 0 atom stereocenters. The van der Waals surface area contributed by atoms with Crippen LogP contribution in [-0.4, -0.2) is 11.7 Å². The van der Waals surface area contributed by atoms with E-state index in [0.29, 0.717) is 11.3 Å². The molecule has 1 heterocycles. The van der Waals surface area contributed by atoms with Crippen LogP contribution in [0, 0.1) is 13.8 Å². The maximum absolute atomic E-state index is 12.0. The van der Waals surface area contributed by atoms with Crippen LogP contribution in [0.25, 0.3) is 0 Å². The molecule has 4 heteroatoms. The third-order valence-corrected chi connectivity index (χ3v) is 2.84. The molecule has 1 aromatic carbocycles. The molecule has 1 N–H and O–H groups in total. The molecule has 0 aliphatic carbocycles. The lowest BCUT2D eigenvalue weighted by atomic mass is 10.0. The fourth-order valence-electron chi connectivity index (χ4n) is 1.85. The van der Waals surface area contributed by atoms with Crippen LogP contribution in [0.3, 0.4) is 0 Å². The van der Waals surface area contributed by atoms with Gasteiger partial charge in [-0.3, -0.25) is 9.59 Å². The van der Waals surface area contributed by atoms with Gasteiger partial charge in [0.1, 0.15) is 5.76 Å². The first-order chi connectivity index (χ1) is 9.08. The summed E-state index contributed by atoms with van der Waals surface area (Å²) < 4.78 is 5.08. The van der Waals surface area contributed by atoms with Gasteiger partial charge in [-0.25, -0.2) is 0 Å². The standard InChI is InChI=1S/C15H15NO3/c1-10-5-6-13(11(2)8-10)14(17)15(18)16-9-12-4-3-7-19-12/h3-8H,9H2,1-2H3,(H,16,18). The number of ketones is 1. The fraction of sp³-hybridized carbons (Fsp3) is 0.200. The van der Waals surface area contributed by atoms with Crippen molar-refractivity contribution in [2.75, 3.05) is 0 Å². The van der Waals surface area contributed by atoms with Crippen molar-refractivity contribution in [2.24, 2.45) is 0 Å². The number of carbonyl (C=O) groups excluding carboxylic acids is 2. The van der Waals surface area contributed by atoms with Gasteiger partial charge in [-0.15, -0.1) is 0 Å². The summed E-state index contributed by atoms with van der Waals surface area (Å²) in [7, 11) is 0. The van der Waals surface area contributed by atoms with Crippen LogP contribution in [0.1, 0.15) is 27.2 Å². The molecule has 98 valence electrons. The second kappa shape index (κ2) is 5.52. The van der Waals surface area contributed by atoms with Crippen LogP contribution in [0.4, 0.5) is 0 Å². The predicted molar refractivity (Wildman–Crippen MR) is 70.8 cm³/mol. The van der Waals surface area contributed by atoms with E-state index in [1.165, 1.54) is 6.26 Å². The summed E-state index contributed by atoms with van der Waals surface area (Å²) in [5.74, 6) is -0.533. The van der Waals surface area contributed by atoms with Gasteiger partial charge in [-0.1, -0.05) is 23.8 Å². The van der Waals surface area contributed by atoms with E-state index in [4.69, 9.17) is 4.42 Å². The molecule has 1 amide bonds. The van der Waals surface area contributed by atoms with E-state index in [1.54, 1.807) is 18.2 Å². The molecule has 19 heavy (non-hydrogen) atoms. The first-order valence-electron chi connectivity index (χ1n) is 6.00. The number of amides is 1. The van der Waals surface area contributed by atoms with Crippen LogP contribution in [0.15, 0.2) is 41.0 Å². The molecule has 0 unspecified atom stereocenters. The Kier molecular flexibility index (Phi) is 3.80. The summed E-state index contributed by atoms with van der Waals surface area (Å²) >= 11 is 0. The fourth-order valence-corrected chi connectivity index (χ4v) is 1.85. The van der Waals surface area contributed by atoms with Crippen molar-refractivity contribution in [1.29, 1.82) is 0 Å². The van der Waals surface area contributed by atoms with Crippen LogP contribution < -0.4 is 5.32 Å². The minimum atomic E-state index is -0.622. The Bertz CT molecular complexity index is 600. The summed E-state index contributed by atoms with van der Waals surface area (Å²) in [5, 5.41) is 2.54. The predicted octanol–water partition coefficient (Wildman–Crippen LogP) is 2.40. The average Bonchev–Trinajstić information content (AvgIpc) is 2.88. The number of carbonyl (C=O) groups is 2. The summed E-state index contributed by atoms with van der Waals surface area (Å²) in [5.41, 5.74) is 2.30. The van der Waals surface area contributed by atoms with Crippen molar-refractivity contribution >= 4 is 11.7 Å². The highest BCUT2D eigenvalue weighted by Gasteiger charge is 2.17. The van der Waals surface area contributed by atoms with Gasteiger partial charge in [-0.2, -0.15) is 0 Å². The molecular weight excluding hydrogens is 242 g/mol. The molecule has 0 aliphatic rings. The second-order valence-corrected chi connectivity index (χ2v) is 4.41. The van der Waals surface area contributed by atoms with Gasteiger partial charge >= 0.3 is 0 Å². The normalized spacial score (nSPS) is 10.2. The number of Topliss-reactive ketones (excluding diaryl/α,β-unsaturated/α-hetero) is 1. The number of aryl methyl sites for hydroxylation is 2. The van der Waals surface area contributed by atoms with E-state index in [0.717, 1.165) is 11.1 Å². The lowest BCUT2D eigenvalue weighted by Crippen LogP contribution is -2.30. The van der Waals surface area contributed by atoms with Crippen LogP contribution >= 0.6 is 0 Å². The van der Waals surface area contributed by atoms with E-state index < -0.39 is 11.7 Å².